The maximum Gasteiger partial charge on any atom is 0.128 e. The summed E-state index contributed by atoms with van der Waals surface area (Å²) in [6, 6.07) is 5.60. The molecule has 0 radical (unpaired) electrons. The van der Waals surface area contributed by atoms with E-state index in [0.29, 0.717) is 11.5 Å². The number of methoxy groups -OCH3 is 2. The fourth-order valence-corrected chi connectivity index (χ4v) is 3.79. The average molecular weight is 268 g/mol. The molecule has 2 atom stereocenters. The van der Waals surface area contributed by atoms with E-state index < -0.39 is 6.10 Å². The maximum atomic E-state index is 10.7. The van der Waals surface area contributed by atoms with Gasteiger partial charge < -0.3 is 14.6 Å². The summed E-state index contributed by atoms with van der Waals surface area (Å²) in [5, 5.41) is 10.7. The number of thioether (sulfide) groups is 1. The lowest BCUT2D eigenvalue weighted by molar-refractivity contribution is 0.128. The predicted octanol–water partition coefficient (Wildman–Crippen LogP) is 3.02. The number of hydrogen-bond donors (Lipinski definition) is 1. The minimum absolute atomic E-state index is 0.151. The van der Waals surface area contributed by atoms with Gasteiger partial charge in [-0.25, -0.2) is 0 Å². The summed E-state index contributed by atoms with van der Waals surface area (Å²) in [6.45, 7) is 2.11. The van der Waals surface area contributed by atoms with Crippen LogP contribution in [0.5, 0.6) is 11.5 Å². The number of rotatable bonds is 4. The fraction of sp³-hybridized carbons (Fsp3) is 0.571. The van der Waals surface area contributed by atoms with Crippen LogP contribution in [0, 0.1) is 0 Å². The molecule has 1 aromatic rings. The van der Waals surface area contributed by atoms with Gasteiger partial charge in [-0.3, -0.25) is 0 Å². The van der Waals surface area contributed by atoms with E-state index in [1.54, 1.807) is 14.2 Å². The Kier molecular flexibility index (Phi) is 4.07. The van der Waals surface area contributed by atoms with Crippen molar-refractivity contribution in [3.8, 4) is 11.5 Å². The van der Waals surface area contributed by atoms with E-state index in [2.05, 4.69) is 6.92 Å². The van der Waals surface area contributed by atoms with E-state index in [1.165, 1.54) is 0 Å². The normalized spacial score (nSPS) is 24.9. The van der Waals surface area contributed by atoms with Gasteiger partial charge in [0.2, 0.25) is 0 Å². The molecule has 0 saturated carbocycles. The fourth-order valence-electron chi connectivity index (χ4n) is 2.47. The number of aliphatic hydroxyl groups excluding tert-OH is 1. The van der Waals surface area contributed by atoms with E-state index >= 15 is 0 Å². The first-order chi connectivity index (χ1) is 8.62. The second-order valence-electron chi connectivity index (χ2n) is 4.74. The highest BCUT2D eigenvalue weighted by Crippen LogP contribution is 2.50. The Morgan fingerprint density at radius 2 is 1.89 bits per heavy atom. The molecule has 0 bridgehead atoms. The third-order valence-corrected chi connectivity index (χ3v) is 5.15. The molecule has 0 spiro atoms. The minimum Gasteiger partial charge on any atom is -0.496 e. The van der Waals surface area contributed by atoms with Crippen molar-refractivity contribution in [2.75, 3.05) is 20.0 Å². The zero-order chi connectivity index (χ0) is 13.2. The molecule has 18 heavy (non-hydrogen) atoms. The second-order valence-corrected chi connectivity index (χ2v) is 6.37. The van der Waals surface area contributed by atoms with Gasteiger partial charge >= 0.3 is 0 Å². The minimum atomic E-state index is -0.573. The third-order valence-electron chi connectivity index (χ3n) is 3.57. The predicted molar refractivity (Wildman–Crippen MR) is 74.6 cm³/mol. The van der Waals surface area contributed by atoms with E-state index in [-0.39, 0.29) is 4.75 Å². The zero-order valence-corrected chi connectivity index (χ0v) is 11.9. The first kappa shape index (κ1) is 13.6. The molecular formula is C14H20O3S. The lowest BCUT2D eigenvalue weighted by atomic mass is 9.91. The van der Waals surface area contributed by atoms with Crippen molar-refractivity contribution >= 4 is 11.8 Å². The van der Waals surface area contributed by atoms with Gasteiger partial charge in [0, 0.05) is 4.75 Å². The molecule has 1 aliphatic rings. The molecular weight excluding hydrogens is 248 g/mol. The van der Waals surface area contributed by atoms with Crippen molar-refractivity contribution in [2.45, 2.75) is 30.6 Å². The summed E-state index contributed by atoms with van der Waals surface area (Å²) < 4.78 is 10.6. The Morgan fingerprint density at radius 1 is 1.28 bits per heavy atom. The van der Waals surface area contributed by atoms with Gasteiger partial charge in [0.1, 0.15) is 17.6 Å². The highest BCUT2D eigenvalue weighted by molar-refractivity contribution is 8.00. The van der Waals surface area contributed by atoms with Crippen molar-refractivity contribution in [3.05, 3.63) is 23.8 Å². The molecule has 4 heteroatoms. The van der Waals surface area contributed by atoms with E-state index in [0.717, 1.165) is 24.2 Å². The molecule has 1 heterocycles. The molecule has 0 amide bonds. The standard InChI is InChI=1S/C14H20O3S/c1-14(8-5-9-18-14)13(15)12-10(16-2)6-4-7-11(12)17-3/h4,6-7,13,15H,5,8-9H2,1-3H3. The highest BCUT2D eigenvalue weighted by atomic mass is 32.2. The van der Waals surface area contributed by atoms with Crippen molar-refractivity contribution < 1.29 is 14.6 Å². The summed E-state index contributed by atoms with van der Waals surface area (Å²) >= 11 is 1.82. The molecule has 1 saturated heterocycles. The Bertz CT molecular complexity index is 391. The molecule has 2 rings (SSSR count). The van der Waals surface area contributed by atoms with Gasteiger partial charge in [-0.2, -0.15) is 11.8 Å². The quantitative estimate of drug-likeness (QED) is 0.911. The third kappa shape index (κ3) is 2.31. The monoisotopic (exact) mass is 268 g/mol. The Balaban J connectivity index is 2.42. The van der Waals surface area contributed by atoms with E-state index in [4.69, 9.17) is 9.47 Å². The van der Waals surface area contributed by atoms with Crippen LogP contribution in [-0.2, 0) is 0 Å². The number of ether oxygens (including phenoxy) is 2. The largest absolute Gasteiger partial charge is 0.496 e. The first-order valence-corrected chi connectivity index (χ1v) is 7.14. The lowest BCUT2D eigenvalue weighted by Gasteiger charge is -2.31. The Morgan fingerprint density at radius 3 is 2.33 bits per heavy atom. The van der Waals surface area contributed by atoms with Crippen LogP contribution in [0.1, 0.15) is 31.4 Å². The highest BCUT2D eigenvalue weighted by Gasteiger charge is 2.40. The molecule has 0 aliphatic carbocycles. The van der Waals surface area contributed by atoms with Gasteiger partial charge in [0.05, 0.1) is 19.8 Å². The molecule has 1 aliphatic heterocycles. The van der Waals surface area contributed by atoms with Gasteiger partial charge in [0.25, 0.3) is 0 Å². The van der Waals surface area contributed by atoms with Crippen LogP contribution in [0.4, 0.5) is 0 Å². The Labute approximate surface area is 112 Å². The van der Waals surface area contributed by atoms with Crippen molar-refractivity contribution in [1.82, 2.24) is 0 Å². The van der Waals surface area contributed by atoms with Crippen LogP contribution in [-0.4, -0.2) is 29.8 Å². The maximum absolute atomic E-state index is 10.7. The van der Waals surface area contributed by atoms with Crippen LogP contribution in [0.25, 0.3) is 0 Å². The summed E-state index contributed by atoms with van der Waals surface area (Å²) in [6.07, 6.45) is 1.59. The number of benzene rings is 1. The summed E-state index contributed by atoms with van der Waals surface area (Å²) in [5.74, 6) is 2.48. The molecule has 3 nitrogen and oxygen atoms in total. The van der Waals surface area contributed by atoms with Crippen molar-refractivity contribution in [2.24, 2.45) is 0 Å². The van der Waals surface area contributed by atoms with Gasteiger partial charge in [-0.15, -0.1) is 0 Å². The molecule has 0 aromatic heterocycles. The average Bonchev–Trinajstić information content (AvgIpc) is 2.85. The molecule has 1 fully saturated rings. The zero-order valence-electron chi connectivity index (χ0n) is 11.1. The van der Waals surface area contributed by atoms with Crippen molar-refractivity contribution in [3.63, 3.8) is 0 Å². The molecule has 2 unspecified atom stereocenters. The van der Waals surface area contributed by atoms with E-state index in [9.17, 15) is 5.11 Å². The molecule has 1 N–H and O–H groups in total. The smallest absolute Gasteiger partial charge is 0.128 e. The number of hydrogen-bond acceptors (Lipinski definition) is 4. The topological polar surface area (TPSA) is 38.7 Å². The van der Waals surface area contributed by atoms with Gasteiger partial charge in [-0.1, -0.05) is 6.07 Å². The summed E-state index contributed by atoms with van der Waals surface area (Å²) in [7, 11) is 3.24. The second kappa shape index (κ2) is 5.41. The molecule has 100 valence electrons. The van der Waals surface area contributed by atoms with Gasteiger partial charge in [-0.05, 0) is 37.7 Å². The summed E-state index contributed by atoms with van der Waals surface area (Å²) in [5.41, 5.74) is 0.763. The Hall–Kier alpha value is -0.870. The van der Waals surface area contributed by atoms with Crippen LogP contribution in [0.3, 0.4) is 0 Å². The lowest BCUT2D eigenvalue weighted by Crippen LogP contribution is -2.27. The van der Waals surface area contributed by atoms with Crippen LogP contribution < -0.4 is 9.47 Å². The number of aliphatic hydroxyl groups is 1. The summed E-state index contributed by atoms with van der Waals surface area (Å²) in [4.78, 5) is 0. The molecule has 1 aromatic carbocycles. The van der Waals surface area contributed by atoms with Gasteiger partial charge in [0.15, 0.2) is 0 Å². The van der Waals surface area contributed by atoms with Crippen LogP contribution in [0.15, 0.2) is 18.2 Å². The first-order valence-electron chi connectivity index (χ1n) is 6.15. The van der Waals surface area contributed by atoms with Crippen LogP contribution in [0.2, 0.25) is 0 Å². The van der Waals surface area contributed by atoms with E-state index in [1.807, 2.05) is 30.0 Å². The van der Waals surface area contributed by atoms with Crippen molar-refractivity contribution in [1.29, 1.82) is 0 Å². The van der Waals surface area contributed by atoms with Crippen LogP contribution >= 0.6 is 11.8 Å². The SMILES string of the molecule is COc1cccc(OC)c1C(O)C1(C)CCCS1.